The van der Waals surface area contributed by atoms with E-state index < -0.39 is 0 Å². The average molecular weight is 443 g/mol. The number of aryl methyl sites for hydroxylation is 2. The zero-order valence-electron chi connectivity index (χ0n) is 19.6. The van der Waals surface area contributed by atoms with Gasteiger partial charge in [-0.1, -0.05) is 60.2 Å². The van der Waals surface area contributed by atoms with Crippen molar-refractivity contribution in [1.29, 1.82) is 0 Å². The van der Waals surface area contributed by atoms with Crippen LogP contribution in [0.5, 0.6) is 0 Å². The maximum absolute atomic E-state index is 13.5. The van der Waals surface area contributed by atoms with E-state index in [1.165, 1.54) is 4.90 Å². The molecule has 5 heteroatoms. The number of hydrogen-bond acceptors (Lipinski definition) is 4. The van der Waals surface area contributed by atoms with Crippen LogP contribution >= 0.6 is 0 Å². The first-order valence-electron chi connectivity index (χ1n) is 11.4. The van der Waals surface area contributed by atoms with Crippen molar-refractivity contribution >= 4 is 33.8 Å². The molecule has 0 saturated heterocycles. The average Bonchev–Trinajstić information content (AvgIpc) is 3.01. The Labute approximate surface area is 195 Å². The van der Waals surface area contributed by atoms with Crippen LogP contribution in [0.1, 0.15) is 37.0 Å². The number of benzene rings is 3. The van der Waals surface area contributed by atoms with Crippen molar-refractivity contribution in [3.05, 3.63) is 83.1 Å². The predicted molar refractivity (Wildman–Crippen MR) is 133 cm³/mol. The molecule has 0 atom stereocenters. The van der Waals surface area contributed by atoms with Gasteiger partial charge < -0.3 is 10.1 Å². The summed E-state index contributed by atoms with van der Waals surface area (Å²) >= 11 is 0. The van der Waals surface area contributed by atoms with Crippen molar-refractivity contribution < 1.29 is 14.3 Å². The molecule has 0 bridgehead atoms. The van der Waals surface area contributed by atoms with E-state index in [1.54, 1.807) is 0 Å². The van der Waals surface area contributed by atoms with E-state index >= 15 is 0 Å². The largest absolute Gasteiger partial charge is 0.379 e. The van der Waals surface area contributed by atoms with Crippen LogP contribution in [0.25, 0.3) is 16.3 Å². The molecule has 2 amide bonds. The van der Waals surface area contributed by atoms with E-state index in [2.05, 4.69) is 5.32 Å². The summed E-state index contributed by atoms with van der Waals surface area (Å²) in [6.45, 7) is 8.75. The molecule has 3 aromatic carbocycles. The molecule has 170 valence electrons. The van der Waals surface area contributed by atoms with Gasteiger partial charge in [0.1, 0.15) is 5.70 Å². The molecule has 5 nitrogen and oxygen atoms in total. The number of anilines is 1. The smallest absolute Gasteiger partial charge is 0.278 e. The molecule has 1 aliphatic rings. The Balaban J connectivity index is 1.73. The second-order valence-electron chi connectivity index (χ2n) is 8.76. The van der Waals surface area contributed by atoms with Crippen LogP contribution < -0.4 is 5.32 Å². The molecule has 0 unspecified atom stereocenters. The van der Waals surface area contributed by atoms with Gasteiger partial charge in [-0.3, -0.25) is 14.5 Å². The van der Waals surface area contributed by atoms with Gasteiger partial charge in [0.2, 0.25) is 0 Å². The molecule has 33 heavy (non-hydrogen) atoms. The molecule has 0 saturated carbocycles. The van der Waals surface area contributed by atoms with E-state index in [4.69, 9.17) is 4.74 Å². The van der Waals surface area contributed by atoms with Crippen molar-refractivity contribution in [2.75, 3.05) is 18.5 Å². The lowest BCUT2D eigenvalue weighted by atomic mass is 9.97. The van der Waals surface area contributed by atoms with Gasteiger partial charge >= 0.3 is 0 Å². The molecule has 0 radical (unpaired) electrons. The molecular formula is C28H30N2O3. The molecule has 1 N–H and O–H groups in total. The second-order valence-corrected chi connectivity index (χ2v) is 8.76. The third-order valence-corrected chi connectivity index (χ3v) is 5.85. The third kappa shape index (κ3) is 4.69. The number of fused-ring (bicyclic) bond motifs is 1. The number of imide groups is 1. The summed E-state index contributed by atoms with van der Waals surface area (Å²) in [4.78, 5) is 28.3. The maximum Gasteiger partial charge on any atom is 0.278 e. The van der Waals surface area contributed by atoms with E-state index in [0.717, 1.165) is 33.2 Å². The molecular weight excluding hydrogens is 412 g/mol. The number of nitrogens with one attached hydrogen (secondary N) is 1. The van der Waals surface area contributed by atoms with Crippen molar-refractivity contribution in [3.8, 4) is 0 Å². The fourth-order valence-corrected chi connectivity index (χ4v) is 4.25. The summed E-state index contributed by atoms with van der Waals surface area (Å²) in [5.41, 5.74) is 4.41. The number of hydrogen-bond donors (Lipinski definition) is 1. The highest BCUT2D eigenvalue weighted by atomic mass is 16.5. The molecule has 1 heterocycles. The van der Waals surface area contributed by atoms with E-state index in [9.17, 15) is 9.59 Å². The molecule has 0 aliphatic carbocycles. The van der Waals surface area contributed by atoms with E-state index in [1.807, 2.05) is 88.4 Å². The summed E-state index contributed by atoms with van der Waals surface area (Å²) in [5, 5.41) is 5.39. The van der Waals surface area contributed by atoms with Crippen LogP contribution in [0.2, 0.25) is 0 Å². The van der Waals surface area contributed by atoms with Crippen molar-refractivity contribution in [2.24, 2.45) is 0 Å². The minimum absolute atomic E-state index is 0.113. The predicted octanol–water partition coefficient (Wildman–Crippen LogP) is 5.46. The second kappa shape index (κ2) is 9.59. The molecule has 3 aromatic rings. The van der Waals surface area contributed by atoms with Gasteiger partial charge in [-0.2, -0.15) is 0 Å². The Kier molecular flexibility index (Phi) is 6.61. The summed E-state index contributed by atoms with van der Waals surface area (Å²) in [7, 11) is 0. The Hall–Kier alpha value is -3.44. The third-order valence-electron chi connectivity index (χ3n) is 5.85. The van der Waals surface area contributed by atoms with Crippen molar-refractivity contribution in [3.63, 3.8) is 0 Å². The highest BCUT2D eigenvalue weighted by Gasteiger charge is 2.39. The summed E-state index contributed by atoms with van der Waals surface area (Å²) in [5.74, 6) is -0.563. The lowest BCUT2D eigenvalue weighted by molar-refractivity contribution is -0.137. The van der Waals surface area contributed by atoms with Crippen molar-refractivity contribution in [2.45, 2.75) is 40.2 Å². The van der Waals surface area contributed by atoms with Crippen LogP contribution in [-0.4, -0.2) is 36.0 Å². The Morgan fingerprint density at radius 2 is 1.70 bits per heavy atom. The zero-order valence-corrected chi connectivity index (χ0v) is 19.6. The Morgan fingerprint density at radius 1 is 0.939 bits per heavy atom. The number of carbonyl (C=O) groups excluding carboxylic acids is 2. The monoisotopic (exact) mass is 442 g/mol. The lowest BCUT2D eigenvalue weighted by Gasteiger charge is -2.16. The summed E-state index contributed by atoms with van der Waals surface area (Å²) in [6, 6.07) is 19.9. The fourth-order valence-electron chi connectivity index (χ4n) is 4.25. The zero-order chi connectivity index (χ0) is 23.5. The first kappa shape index (κ1) is 22.7. The minimum atomic E-state index is -0.299. The first-order valence-corrected chi connectivity index (χ1v) is 11.4. The van der Waals surface area contributed by atoms with Gasteiger partial charge in [0.15, 0.2) is 0 Å². The standard InChI is InChI=1S/C28H30N2O3/c1-18(2)33-16-8-15-30-27(31)25(22-14-13-19(3)17-20(22)4)26(28(30)32)29-24-12-7-10-21-9-5-6-11-23(21)24/h5-7,9-14,17-18,29H,8,15-16H2,1-4H3. The number of carbonyl (C=O) groups is 2. The van der Waals surface area contributed by atoms with Crippen molar-refractivity contribution in [1.82, 2.24) is 4.90 Å². The van der Waals surface area contributed by atoms with Gasteiger partial charge in [0.25, 0.3) is 11.8 Å². The first-order chi connectivity index (χ1) is 15.9. The number of amides is 2. The van der Waals surface area contributed by atoms with Gasteiger partial charge in [-0.25, -0.2) is 0 Å². The van der Waals surface area contributed by atoms with Gasteiger partial charge in [-0.05, 0) is 56.7 Å². The molecule has 1 aliphatic heterocycles. The van der Waals surface area contributed by atoms with Crippen LogP contribution in [0, 0.1) is 13.8 Å². The number of ether oxygens (including phenoxy) is 1. The molecule has 4 rings (SSSR count). The fraction of sp³-hybridized carbons (Fsp3) is 0.286. The molecule has 0 aromatic heterocycles. The van der Waals surface area contributed by atoms with Gasteiger partial charge in [-0.15, -0.1) is 0 Å². The van der Waals surface area contributed by atoms with Crippen LogP contribution in [0.4, 0.5) is 5.69 Å². The Morgan fingerprint density at radius 3 is 2.45 bits per heavy atom. The quantitative estimate of drug-likeness (QED) is 0.372. The van der Waals surface area contributed by atoms with Gasteiger partial charge in [0, 0.05) is 24.2 Å². The van der Waals surface area contributed by atoms with Crippen LogP contribution in [0.15, 0.2) is 66.4 Å². The Bertz CT molecular complexity index is 1240. The highest BCUT2D eigenvalue weighted by Crippen LogP contribution is 2.34. The number of rotatable bonds is 8. The number of nitrogens with zero attached hydrogens (tertiary/aromatic N) is 1. The normalized spacial score (nSPS) is 14.2. The summed E-state index contributed by atoms with van der Waals surface area (Å²) < 4.78 is 5.61. The van der Waals surface area contributed by atoms with E-state index in [0.29, 0.717) is 30.8 Å². The van der Waals surface area contributed by atoms with Crippen LogP contribution in [0.3, 0.4) is 0 Å². The highest BCUT2D eigenvalue weighted by molar-refractivity contribution is 6.37. The summed E-state index contributed by atoms with van der Waals surface area (Å²) in [6.07, 6.45) is 0.708. The lowest BCUT2D eigenvalue weighted by Crippen LogP contribution is -2.34. The minimum Gasteiger partial charge on any atom is -0.379 e. The SMILES string of the molecule is Cc1ccc(C2=C(Nc3cccc4ccccc34)C(=O)N(CCCOC(C)C)C2=O)c(C)c1. The van der Waals surface area contributed by atoms with Crippen LogP contribution in [-0.2, 0) is 14.3 Å². The van der Waals surface area contributed by atoms with Gasteiger partial charge in [0.05, 0.1) is 11.7 Å². The molecule has 0 fully saturated rings. The maximum atomic E-state index is 13.5. The topological polar surface area (TPSA) is 58.6 Å². The molecule has 0 spiro atoms. The van der Waals surface area contributed by atoms with E-state index in [-0.39, 0.29) is 17.9 Å².